The highest BCUT2D eigenvalue weighted by Gasteiger charge is 2.08. The Labute approximate surface area is 127 Å². The smallest absolute Gasteiger partial charge is 0.135 e. The molecule has 0 saturated heterocycles. The molecule has 2 rings (SSSR count). The van der Waals surface area contributed by atoms with Crippen molar-refractivity contribution >= 4 is 11.6 Å². The van der Waals surface area contributed by atoms with Crippen LogP contribution in [0.2, 0.25) is 0 Å². The van der Waals surface area contributed by atoms with E-state index in [1.54, 1.807) is 0 Å². The largest absolute Gasteiger partial charge is 0.370 e. The van der Waals surface area contributed by atoms with Gasteiger partial charge in [-0.3, -0.25) is 0 Å². The molecule has 0 amide bonds. The Balaban J connectivity index is 2.11. The fourth-order valence-electron chi connectivity index (χ4n) is 2.22. The molecule has 1 heterocycles. The minimum Gasteiger partial charge on any atom is -0.370 e. The summed E-state index contributed by atoms with van der Waals surface area (Å²) in [7, 11) is 0. The summed E-state index contributed by atoms with van der Waals surface area (Å²) in [6, 6.07) is 8.69. The Morgan fingerprint density at radius 2 is 1.43 bits per heavy atom. The molecule has 0 saturated carbocycles. The maximum absolute atomic E-state index is 4.50. The highest BCUT2D eigenvalue weighted by molar-refractivity contribution is 5.57. The Morgan fingerprint density at radius 1 is 0.857 bits per heavy atom. The van der Waals surface area contributed by atoms with Crippen molar-refractivity contribution < 1.29 is 0 Å². The number of aromatic nitrogens is 2. The number of hydrogen-bond acceptors (Lipinski definition) is 4. The maximum Gasteiger partial charge on any atom is 0.135 e. The molecule has 2 aromatic rings. The summed E-state index contributed by atoms with van der Waals surface area (Å²) in [6.07, 6.45) is 1.07. The predicted octanol–water partition coefficient (Wildman–Crippen LogP) is 3.70. The molecule has 0 aliphatic heterocycles. The van der Waals surface area contributed by atoms with Crippen LogP contribution in [0.3, 0.4) is 0 Å². The molecule has 0 spiro atoms. The quantitative estimate of drug-likeness (QED) is 0.849. The first kappa shape index (κ1) is 15.3. The molecule has 0 atom stereocenters. The van der Waals surface area contributed by atoms with E-state index < -0.39 is 0 Å². The molecular weight excluding hydrogens is 260 g/mol. The average Bonchev–Trinajstić information content (AvgIpc) is 2.50. The van der Waals surface area contributed by atoms with Gasteiger partial charge >= 0.3 is 0 Å². The minimum absolute atomic E-state index is 0.771. The number of rotatable bonds is 6. The summed E-state index contributed by atoms with van der Waals surface area (Å²) < 4.78 is 0. The van der Waals surface area contributed by atoms with E-state index in [1.165, 1.54) is 11.1 Å². The molecule has 21 heavy (non-hydrogen) atoms. The maximum atomic E-state index is 4.50. The molecule has 4 heteroatoms. The van der Waals surface area contributed by atoms with Crippen LogP contribution < -0.4 is 10.6 Å². The lowest BCUT2D eigenvalue weighted by Gasteiger charge is -2.13. The fraction of sp³-hybridized carbons (Fsp3) is 0.412. The molecule has 2 N–H and O–H groups in total. The fourth-order valence-corrected chi connectivity index (χ4v) is 2.22. The molecular formula is C17H24N4. The molecule has 4 nitrogen and oxygen atoms in total. The van der Waals surface area contributed by atoms with Crippen molar-refractivity contribution in [2.24, 2.45) is 0 Å². The van der Waals surface area contributed by atoms with Crippen LogP contribution in [0.15, 0.2) is 24.3 Å². The second kappa shape index (κ2) is 7.07. The van der Waals surface area contributed by atoms with E-state index in [0.717, 1.165) is 42.5 Å². The van der Waals surface area contributed by atoms with Crippen molar-refractivity contribution in [2.75, 3.05) is 17.2 Å². The van der Waals surface area contributed by atoms with Crippen molar-refractivity contribution in [1.82, 2.24) is 9.97 Å². The molecule has 1 aromatic carbocycles. The van der Waals surface area contributed by atoms with Crippen LogP contribution in [0.5, 0.6) is 0 Å². The van der Waals surface area contributed by atoms with Gasteiger partial charge < -0.3 is 10.6 Å². The van der Waals surface area contributed by atoms with Gasteiger partial charge in [0.25, 0.3) is 0 Å². The summed E-state index contributed by atoms with van der Waals surface area (Å²) in [5, 5.41) is 6.69. The monoisotopic (exact) mass is 284 g/mol. The van der Waals surface area contributed by atoms with E-state index in [-0.39, 0.29) is 0 Å². The van der Waals surface area contributed by atoms with Crippen LogP contribution >= 0.6 is 0 Å². The van der Waals surface area contributed by atoms with Crippen LogP contribution in [0, 0.1) is 13.8 Å². The van der Waals surface area contributed by atoms with Crippen LogP contribution in [0.1, 0.15) is 36.4 Å². The molecule has 0 unspecified atom stereocenters. The first-order valence-corrected chi connectivity index (χ1v) is 7.54. The molecule has 0 fully saturated rings. The topological polar surface area (TPSA) is 49.8 Å². The van der Waals surface area contributed by atoms with E-state index in [4.69, 9.17) is 0 Å². The van der Waals surface area contributed by atoms with Gasteiger partial charge in [-0.2, -0.15) is 0 Å². The number of aryl methyl sites for hydroxylation is 2. The van der Waals surface area contributed by atoms with Crippen LogP contribution in [-0.2, 0) is 13.0 Å². The lowest BCUT2D eigenvalue weighted by Crippen LogP contribution is -2.10. The van der Waals surface area contributed by atoms with E-state index in [9.17, 15) is 0 Å². The minimum atomic E-state index is 0.771. The van der Waals surface area contributed by atoms with Gasteiger partial charge in [-0.1, -0.05) is 31.2 Å². The molecule has 1 aromatic heterocycles. The number of benzene rings is 1. The normalized spacial score (nSPS) is 10.5. The van der Waals surface area contributed by atoms with Gasteiger partial charge in [-0.25, -0.2) is 9.97 Å². The van der Waals surface area contributed by atoms with Gasteiger partial charge in [0.15, 0.2) is 0 Å². The van der Waals surface area contributed by atoms with Crippen molar-refractivity contribution in [2.45, 2.75) is 40.7 Å². The summed E-state index contributed by atoms with van der Waals surface area (Å²) in [4.78, 5) is 8.94. The average molecular weight is 284 g/mol. The lowest BCUT2D eigenvalue weighted by molar-refractivity contribution is 0.992. The Hall–Kier alpha value is -2.10. The molecule has 0 radical (unpaired) electrons. The second-order valence-corrected chi connectivity index (χ2v) is 5.15. The number of hydrogen-bond donors (Lipinski definition) is 2. The third-order valence-corrected chi connectivity index (χ3v) is 3.49. The molecule has 0 aliphatic rings. The van der Waals surface area contributed by atoms with Gasteiger partial charge in [0.1, 0.15) is 17.5 Å². The van der Waals surface area contributed by atoms with Crippen molar-refractivity contribution in [1.29, 1.82) is 0 Å². The predicted molar refractivity (Wildman–Crippen MR) is 88.8 cm³/mol. The molecule has 112 valence electrons. The van der Waals surface area contributed by atoms with Crippen LogP contribution in [-0.4, -0.2) is 16.5 Å². The highest BCUT2D eigenvalue weighted by atomic mass is 15.1. The lowest BCUT2D eigenvalue weighted by atomic mass is 10.1. The van der Waals surface area contributed by atoms with E-state index >= 15 is 0 Å². The zero-order valence-electron chi connectivity index (χ0n) is 13.3. The van der Waals surface area contributed by atoms with E-state index in [1.807, 2.05) is 13.8 Å². The van der Waals surface area contributed by atoms with Crippen molar-refractivity contribution in [3.05, 3.63) is 46.8 Å². The summed E-state index contributed by atoms with van der Waals surface area (Å²) >= 11 is 0. The highest BCUT2D eigenvalue weighted by Crippen LogP contribution is 2.20. The summed E-state index contributed by atoms with van der Waals surface area (Å²) in [5.41, 5.74) is 3.68. The molecule has 0 aliphatic carbocycles. The Kier molecular flexibility index (Phi) is 5.14. The second-order valence-electron chi connectivity index (χ2n) is 5.15. The standard InChI is InChI=1S/C17H24N4/c1-5-14-7-9-15(10-8-14)11-19-17-12(3)16(18-6-2)20-13(4)21-17/h7-10H,5-6,11H2,1-4H3,(H2,18,19,20,21). The summed E-state index contributed by atoms with van der Waals surface area (Å²) in [5.74, 6) is 2.59. The van der Waals surface area contributed by atoms with E-state index in [0.29, 0.717) is 0 Å². The third kappa shape index (κ3) is 3.94. The molecule has 0 bridgehead atoms. The first-order chi connectivity index (χ1) is 10.1. The van der Waals surface area contributed by atoms with Gasteiger partial charge in [0.05, 0.1) is 0 Å². The zero-order chi connectivity index (χ0) is 15.2. The van der Waals surface area contributed by atoms with Gasteiger partial charge in [-0.15, -0.1) is 0 Å². The zero-order valence-corrected chi connectivity index (χ0v) is 13.3. The van der Waals surface area contributed by atoms with E-state index in [2.05, 4.69) is 58.7 Å². The van der Waals surface area contributed by atoms with Gasteiger partial charge in [0.2, 0.25) is 0 Å². The number of nitrogens with zero attached hydrogens (tertiary/aromatic N) is 2. The van der Waals surface area contributed by atoms with Crippen molar-refractivity contribution in [3.63, 3.8) is 0 Å². The van der Waals surface area contributed by atoms with Gasteiger partial charge in [0, 0.05) is 18.7 Å². The van der Waals surface area contributed by atoms with Crippen LogP contribution in [0.25, 0.3) is 0 Å². The number of nitrogens with one attached hydrogen (secondary N) is 2. The van der Waals surface area contributed by atoms with Gasteiger partial charge in [-0.05, 0) is 38.3 Å². The Morgan fingerprint density at radius 3 is 2.00 bits per heavy atom. The third-order valence-electron chi connectivity index (χ3n) is 3.49. The SMILES string of the molecule is CCNc1nc(C)nc(NCc2ccc(CC)cc2)c1C. The Bertz CT molecular complexity index is 590. The van der Waals surface area contributed by atoms with Crippen LogP contribution in [0.4, 0.5) is 11.6 Å². The van der Waals surface area contributed by atoms with Crippen molar-refractivity contribution in [3.8, 4) is 0 Å². The first-order valence-electron chi connectivity index (χ1n) is 7.54. The number of anilines is 2. The summed E-state index contributed by atoms with van der Waals surface area (Å²) in [6.45, 7) is 9.82.